The Kier molecular flexibility index (Phi) is 3.38. The Labute approximate surface area is 126 Å². The summed E-state index contributed by atoms with van der Waals surface area (Å²) in [6, 6.07) is 3.92. The van der Waals surface area contributed by atoms with Gasteiger partial charge in [-0.2, -0.15) is 9.36 Å². The molecule has 0 fully saturated rings. The van der Waals surface area contributed by atoms with Crippen molar-refractivity contribution < 1.29 is 4.52 Å². The van der Waals surface area contributed by atoms with Crippen LogP contribution in [0.4, 0.5) is 5.00 Å². The maximum Gasteiger partial charge on any atom is 0.263 e. The number of aryl methyl sites for hydroxylation is 1. The van der Waals surface area contributed by atoms with Gasteiger partial charge in [0, 0.05) is 7.05 Å². The fourth-order valence-corrected chi connectivity index (χ4v) is 3.70. The Morgan fingerprint density at radius 2 is 2.21 bits per heavy atom. The van der Waals surface area contributed by atoms with Gasteiger partial charge in [0.25, 0.3) is 5.89 Å². The SMILES string of the molecule is CNc1snc(C)c1-c1nc(-c2ccc(Br)s2)no1. The molecule has 0 spiro atoms. The molecule has 8 heteroatoms. The van der Waals surface area contributed by atoms with Crippen LogP contribution in [0.25, 0.3) is 22.2 Å². The molecule has 0 atom stereocenters. The topological polar surface area (TPSA) is 63.8 Å². The molecule has 0 bridgehead atoms. The van der Waals surface area contributed by atoms with E-state index in [1.165, 1.54) is 11.5 Å². The molecule has 0 aliphatic rings. The standard InChI is InChI=1S/C11H9BrN4OS2/c1-5-8(11(13-2)19-16-5)10-14-9(15-17-10)6-3-4-7(12)18-6/h3-4,13H,1-2H3. The predicted octanol–water partition coefficient (Wildman–Crippen LogP) is 4.03. The molecule has 3 heterocycles. The van der Waals surface area contributed by atoms with Crippen molar-refractivity contribution >= 4 is 43.8 Å². The number of anilines is 1. The quantitative estimate of drug-likeness (QED) is 0.767. The summed E-state index contributed by atoms with van der Waals surface area (Å²) < 4.78 is 10.7. The Bertz CT molecular complexity index is 718. The smallest absolute Gasteiger partial charge is 0.263 e. The third-order valence-corrected chi connectivity index (χ3v) is 5.10. The van der Waals surface area contributed by atoms with Gasteiger partial charge in [-0.05, 0) is 46.5 Å². The summed E-state index contributed by atoms with van der Waals surface area (Å²) in [6.07, 6.45) is 0. The van der Waals surface area contributed by atoms with Crippen molar-refractivity contribution in [3.63, 3.8) is 0 Å². The molecule has 98 valence electrons. The molecule has 3 rings (SSSR count). The first-order chi connectivity index (χ1) is 9.19. The largest absolute Gasteiger partial charge is 0.378 e. The van der Waals surface area contributed by atoms with Gasteiger partial charge in [0.1, 0.15) is 5.00 Å². The number of aromatic nitrogens is 3. The number of halogens is 1. The summed E-state index contributed by atoms with van der Waals surface area (Å²) >= 11 is 6.38. The lowest BCUT2D eigenvalue weighted by Crippen LogP contribution is -1.88. The molecule has 3 aromatic rings. The lowest BCUT2D eigenvalue weighted by Gasteiger charge is -1.96. The zero-order valence-corrected chi connectivity index (χ0v) is 13.3. The van der Waals surface area contributed by atoms with Gasteiger partial charge in [-0.3, -0.25) is 0 Å². The first kappa shape index (κ1) is 12.8. The molecule has 0 radical (unpaired) electrons. The van der Waals surface area contributed by atoms with E-state index in [9.17, 15) is 0 Å². The molecule has 0 unspecified atom stereocenters. The van der Waals surface area contributed by atoms with Gasteiger partial charge < -0.3 is 9.84 Å². The zero-order valence-electron chi connectivity index (χ0n) is 10.1. The Morgan fingerprint density at radius 1 is 1.37 bits per heavy atom. The molecular weight excluding hydrogens is 348 g/mol. The predicted molar refractivity (Wildman–Crippen MR) is 80.7 cm³/mol. The van der Waals surface area contributed by atoms with Crippen molar-refractivity contribution in [1.29, 1.82) is 0 Å². The minimum atomic E-state index is 0.495. The summed E-state index contributed by atoms with van der Waals surface area (Å²) in [7, 11) is 1.85. The first-order valence-electron chi connectivity index (χ1n) is 5.43. The van der Waals surface area contributed by atoms with Crippen LogP contribution in [0.5, 0.6) is 0 Å². The Balaban J connectivity index is 2.03. The van der Waals surface area contributed by atoms with E-state index < -0.39 is 0 Å². The molecule has 19 heavy (non-hydrogen) atoms. The van der Waals surface area contributed by atoms with Crippen LogP contribution in [0.3, 0.4) is 0 Å². The number of nitrogens with zero attached hydrogens (tertiary/aromatic N) is 3. The van der Waals surface area contributed by atoms with E-state index in [0.29, 0.717) is 11.7 Å². The monoisotopic (exact) mass is 356 g/mol. The van der Waals surface area contributed by atoms with Crippen LogP contribution in [-0.4, -0.2) is 21.6 Å². The van der Waals surface area contributed by atoms with E-state index in [1.807, 2.05) is 26.1 Å². The van der Waals surface area contributed by atoms with E-state index in [-0.39, 0.29) is 0 Å². The second kappa shape index (κ2) is 5.03. The minimum absolute atomic E-state index is 0.495. The molecule has 1 N–H and O–H groups in total. The van der Waals surface area contributed by atoms with E-state index in [0.717, 1.165) is 24.9 Å². The van der Waals surface area contributed by atoms with E-state index in [4.69, 9.17) is 4.52 Å². The van der Waals surface area contributed by atoms with Crippen molar-refractivity contribution in [2.45, 2.75) is 6.92 Å². The summed E-state index contributed by atoms with van der Waals surface area (Å²) in [6.45, 7) is 1.93. The normalized spacial score (nSPS) is 10.9. The highest BCUT2D eigenvalue weighted by atomic mass is 79.9. The van der Waals surface area contributed by atoms with Gasteiger partial charge in [-0.1, -0.05) is 5.16 Å². The summed E-state index contributed by atoms with van der Waals surface area (Å²) in [5.74, 6) is 1.09. The van der Waals surface area contributed by atoms with Gasteiger partial charge in [0.2, 0.25) is 5.82 Å². The number of nitrogens with one attached hydrogen (secondary N) is 1. The van der Waals surface area contributed by atoms with Crippen LogP contribution in [0.1, 0.15) is 5.69 Å². The third-order valence-electron chi connectivity index (χ3n) is 2.52. The van der Waals surface area contributed by atoms with Gasteiger partial charge in [0.05, 0.1) is 19.9 Å². The van der Waals surface area contributed by atoms with Crippen molar-refractivity contribution in [1.82, 2.24) is 14.5 Å². The third kappa shape index (κ3) is 2.31. The van der Waals surface area contributed by atoms with Crippen LogP contribution in [-0.2, 0) is 0 Å². The lowest BCUT2D eigenvalue weighted by molar-refractivity contribution is 0.432. The number of hydrogen-bond donors (Lipinski definition) is 1. The van der Waals surface area contributed by atoms with E-state index in [2.05, 4.69) is 35.8 Å². The molecule has 0 saturated carbocycles. The Hall–Kier alpha value is -1.25. The molecule has 0 saturated heterocycles. The van der Waals surface area contributed by atoms with Crippen molar-refractivity contribution in [3.05, 3.63) is 21.6 Å². The zero-order chi connectivity index (χ0) is 13.4. The van der Waals surface area contributed by atoms with Crippen LogP contribution in [0, 0.1) is 6.92 Å². The summed E-state index contributed by atoms with van der Waals surface area (Å²) in [4.78, 5) is 5.41. The molecule has 0 aliphatic carbocycles. The fourth-order valence-electron chi connectivity index (χ4n) is 1.65. The van der Waals surface area contributed by atoms with Gasteiger partial charge in [-0.25, -0.2) is 0 Å². The number of hydrogen-bond acceptors (Lipinski definition) is 7. The molecule has 5 nitrogen and oxygen atoms in total. The molecule has 0 aromatic carbocycles. The van der Waals surface area contributed by atoms with Crippen molar-refractivity contribution in [2.24, 2.45) is 0 Å². The van der Waals surface area contributed by atoms with Crippen LogP contribution < -0.4 is 5.32 Å². The highest BCUT2D eigenvalue weighted by Crippen LogP contribution is 2.35. The van der Waals surface area contributed by atoms with Crippen LogP contribution in [0.15, 0.2) is 20.4 Å². The van der Waals surface area contributed by atoms with Crippen LogP contribution >= 0.6 is 38.8 Å². The van der Waals surface area contributed by atoms with Gasteiger partial charge in [-0.15, -0.1) is 11.3 Å². The minimum Gasteiger partial charge on any atom is -0.378 e. The molecule has 3 aromatic heterocycles. The average molecular weight is 357 g/mol. The second-order valence-electron chi connectivity index (χ2n) is 3.75. The number of rotatable bonds is 3. The molecule has 0 amide bonds. The van der Waals surface area contributed by atoms with Gasteiger partial charge in [0.15, 0.2) is 0 Å². The summed E-state index contributed by atoms with van der Waals surface area (Å²) in [5, 5.41) is 8.05. The van der Waals surface area contributed by atoms with Gasteiger partial charge >= 0.3 is 0 Å². The van der Waals surface area contributed by atoms with E-state index in [1.54, 1.807) is 11.3 Å². The second-order valence-corrected chi connectivity index (χ2v) is 6.99. The lowest BCUT2D eigenvalue weighted by atomic mass is 10.2. The number of thiophene rings is 1. The fraction of sp³-hybridized carbons (Fsp3) is 0.182. The molecule has 0 aliphatic heterocycles. The highest BCUT2D eigenvalue weighted by molar-refractivity contribution is 9.11. The molecular formula is C11H9BrN4OS2. The van der Waals surface area contributed by atoms with Crippen LogP contribution in [0.2, 0.25) is 0 Å². The Morgan fingerprint density at radius 3 is 2.89 bits per heavy atom. The highest BCUT2D eigenvalue weighted by Gasteiger charge is 2.19. The van der Waals surface area contributed by atoms with E-state index >= 15 is 0 Å². The maximum atomic E-state index is 5.35. The maximum absolute atomic E-state index is 5.35. The summed E-state index contributed by atoms with van der Waals surface area (Å²) in [5.41, 5.74) is 1.76. The average Bonchev–Trinajstić information content (AvgIpc) is 3.07. The first-order valence-corrected chi connectivity index (χ1v) is 7.81. The van der Waals surface area contributed by atoms with Crippen molar-refractivity contribution in [3.8, 4) is 22.2 Å². The van der Waals surface area contributed by atoms with Crippen molar-refractivity contribution in [2.75, 3.05) is 12.4 Å².